The van der Waals surface area contributed by atoms with Gasteiger partial charge in [0.2, 0.25) is 11.8 Å². The number of amides is 2. The molecule has 0 aliphatic carbocycles. The van der Waals surface area contributed by atoms with Crippen LogP contribution in [0.3, 0.4) is 0 Å². The molecule has 2 atom stereocenters. The Labute approximate surface area is 170 Å². The number of nitrogens with zero attached hydrogens (tertiary/aromatic N) is 1. The van der Waals surface area contributed by atoms with Crippen molar-refractivity contribution in [1.82, 2.24) is 10.2 Å². The first kappa shape index (κ1) is 19.0. The van der Waals surface area contributed by atoms with Crippen LogP contribution >= 0.6 is 0 Å². The van der Waals surface area contributed by atoms with Gasteiger partial charge in [-0.15, -0.1) is 0 Å². The molecule has 1 N–H and O–H groups in total. The maximum atomic E-state index is 13.0. The highest BCUT2D eigenvalue weighted by atomic mass is 16.3. The Morgan fingerprint density at radius 1 is 1.10 bits per heavy atom. The molecule has 1 aliphatic rings. The van der Waals surface area contributed by atoms with E-state index in [2.05, 4.69) is 5.32 Å². The second kappa shape index (κ2) is 8.35. The molecule has 29 heavy (non-hydrogen) atoms. The van der Waals surface area contributed by atoms with Crippen LogP contribution < -0.4 is 5.32 Å². The lowest BCUT2D eigenvalue weighted by molar-refractivity contribution is -0.129. The lowest BCUT2D eigenvalue weighted by Gasteiger charge is -2.20. The fraction of sp³-hybridized carbons (Fsp3) is 0.250. The van der Waals surface area contributed by atoms with Crippen LogP contribution in [-0.2, 0) is 16.1 Å². The van der Waals surface area contributed by atoms with E-state index in [9.17, 15) is 9.59 Å². The monoisotopic (exact) mass is 388 g/mol. The zero-order chi connectivity index (χ0) is 20.2. The van der Waals surface area contributed by atoms with E-state index < -0.39 is 0 Å². The Bertz CT molecular complexity index is 965. The van der Waals surface area contributed by atoms with Gasteiger partial charge in [-0.2, -0.15) is 0 Å². The molecule has 0 radical (unpaired) electrons. The first-order chi connectivity index (χ1) is 14.1. The zero-order valence-electron chi connectivity index (χ0n) is 16.4. The van der Waals surface area contributed by atoms with Crippen molar-refractivity contribution in [2.75, 3.05) is 6.54 Å². The third kappa shape index (κ3) is 4.40. The van der Waals surface area contributed by atoms with E-state index >= 15 is 0 Å². The molecule has 1 aromatic heterocycles. The fourth-order valence-corrected chi connectivity index (χ4v) is 3.69. The number of furan rings is 1. The minimum Gasteiger partial charge on any atom is -0.467 e. The predicted octanol–water partition coefficient (Wildman–Crippen LogP) is 3.84. The van der Waals surface area contributed by atoms with Crippen molar-refractivity contribution in [3.05, 3.63) is 95.4 Å². The molecule has 148 valence electrons. The molecule has 4 rings (SSSR count). The standard InChI is InChI=1S/C24H24N2O3/c1-17-9-11-18(12-10-17)15-26-16-20(14-22(26)27)24(28)25-23(21-8-5-13-29-21)19-6-3-2-4-7-19/h2-13,20,23H,14-16H2,1H3,(H,25,28). The number of benzene rings is 2. The molecule has 2 amide bonds. The quantitative estimate of drug-likeness (QED) is 0.698. The topological polar surface area (TPSA) is 62.6 Å². The molecular weight excluding hydrogens is 364 g/mol. The minimum atomic E-state index is -0.375. The Morgan fingerprint density at radius 3 is 2.55 bits per heavy atom. The molecule has 1 fully saturated rings. The smallest absolute Gasteiger partial charge is 0.226 e. The Kier molecular flexibility index (Phi) is 5.47. The van der Waals surface area contributed by atoms with Crippen molar-refractivity contribution in [3.8, 4) is 0 Å². The minimum absolute atomic E-state index is 0.0139. The highest BCUT2D eigenvalue weighted by Crippen LogP contribution is 2.25. The molecule has 5 nitrogen and oxygen atoms in total. The molecular formula is C24H24N2O3. The average Bonchev–Trinajstić information content (AvgIpc) is 3.39. The summed E-state index contributed by atoms with van der Waals surface area (Å²) in [6.07, 6.45) is 1.83. The maximum absolute atomic E-state index is 13.0. The van der Waals surface area contributed by atoms with E-state index in [0.29, 0.717) is 18.8 Å². The van der Waals surface area contributed by atoms with E-state index in [1.807, 2.05) is 67.6 Å². The molecule has 2 unspecified atom stereocenters. The third-order valence-corrected chi connectivity index (χ3v) is 5.33. The number of carbonyl (C=O) groups excluding carboxylic acids is 2. The van der Waals surface area contributed by atoms with Gasteiger partial charge < -0.3 is 14.6 Å². The SMILES string of the molecule is Cc1ccc(CN2CC(C(=O)NC(c3ccccc3)c3ccco3)CC2=O)cc1. The second-order valence-corrected chi connectivity index (χ2v) is 7.53. The number of likely N-dealkylation sites (tertiary alicyclic amines) is 1. The van der Waals surface area contributed by atoms with Crippen molar-refractivity contribution in [2.45, 2.75) is 25.9 Å². The summed E-state index contributed by atoms with van der Waals surface area (Å²) < 4.78 is 5.55. The number of rotatable bonds is 6. The highest BCUT2D eigenvalue weighted by molar-refractivity contribution is 5.89. The largest absolute Gasteiger partial charge is 0.467 e. The van der Waals surface area contributed by atoms with E-state index in [1.54, 1.807) is 17.2 Å². The van der Waals surface area contributed by atoms with Crippen LogP contribution in [0.2, 0.25) is 0 Å². The lowest BCUT2D eigenvalue weighted by atomic mass is 10.0. The number of aryl methyl sites for hydroxylation is 1. The summed E-state index contributed by atoms with van der Waals surface area (Å²) in [4.78, 5) is 27.2. The number of nitrogens with one attached hydrogen (secondary N) is 1. The van der Waals surface area contributed by atoms with Gasteiger partial charge in [0.05, 0.1) is 12.2 Å². The van der Waals surface area contributed by atoms with Gasteiger partial charge in [-0.3, -0.25) is 9.59 Å². The van der Waals surface area contributed by atoms with Crippen LogP contribution in [-0.4, -0.2) is 23.3 Å². The first-order valence-electron chi connectivity index (χ1n) is 9.82. The Hall–Kier alpha value is -3.34. The summed E-state index contributed by atoms with van der Waals surface area (Å²) in [5, 5.41) is 3.08. The van der Waals surface area contributed by atoms with Gasteiger partial charge in [-0.05, 0) is 30.2 Å². The summed E-state index contributed by atoms with van der Waals surface area (Å²) in [7, 11) is 0. The summed E-state index contributed by atoms with van der Waals surface area (Å²) in [6, 6.07) is 21.1. The number of hydrogen-bond acceptors (Lipinski definition) is 3. The van der Waals surface area contributed by atoms with Crippen molar-refractivity contribution >= 4 is 11.8 Å². The highest BCUT2D eigenvalue weighted by Gasteiger charge is 2.35. The van der Waals surface area contributed by atoms with Crippen LogP contribution in [0.25, 0.3) is 0 Å². The average molecular weight is 388 g/mol. The Balaban J connectivity index is 1.45. The van der Waals surface area contributed by atoms with Gasteiger partial charge in [0, 0.05) is 19.5 Å². The van der Waals surface area contributed by atoms with Crippen molar-refractivity contribution < 1.29 is 14.0 Å². The van der Waals surface area contributed by atoms with Crippen molar-refractivity contribution in [1.29, 1.82) is 0 Å². The van der Waals surface area contributed by atoms with Crippen LogP contribution in [0, 0.1) is 12.8 Å². The number of hydrogen-bond donors (Lipinski definition) is 1. The van der Waals surface area contributed by atoms with Crippen LogP contribution in [0.4, 0.5) is 0 Å². The van der Waals surface area contributed by atoms with Gasteiger partial charge in [0.15, 0.2) is 0 Å². The summed E-state index contributed by atoms with van der Waals surface area (Å²) in [5.74, 6) is 0.189. The molecule has 2 heterocycles. The third-order valence-electron chi connectivity index (χ3n) is 5.33. The zero-order valence-corrected chi connectivity index (χ0v) is 16.4. The molecule has 3 aromatic rings. The normalized spacial score (nSPS) is 17.3. The van der Waals surface area contributed by atoms with Gasteiger partial charge in [0.25, 0.3) is 0 Å². The van der Waals surface area contributed by atoms with Crippen LogP contribution in [0.15, 0.2) is 77.4 Å². The van der Waals surface area contributed by atoms with Crippen LogP contribution in [0.5, 0.6) is 0 Å². The van der Waals surface area contributed by atoms with Gasteiger partial charge in [-0.1, -0.05) is 60.2 Å². The van der Waals surface area contributed by atoms with E-state index in [4.69, 9.17) is 4.42 Å². The molecule has 2 aromatic carbocycles. The van der Waals surface area contributed by atoms with Crippen molar-refractivity contribution in [2.24, 2.45) is 5.92 Å². The second-order valence-electron chi connectivity index (χ2n) is 7.53. The maximum Gasteiger partial charge on any atom is 0.226 e. The van der Waals surface area contributed by atoms with E-state index in [0.717, 1.165) is 11.1 Å². The number of carbonyl (C=O) groups is 2. The van der Waals surface area contributed by atoms with Gasteiger partial charge in [-0.25, -0.2) is 0 Å². The fourth-order valence-electron chi connectivity index (χ4n) is 3.69. The summed E-state index contributed by atoms with van der Waals surface area (Å²) in [5.41, 5.74) is 3.20. The molecule has 1 aliphatic heterocycles. The summed E-state index contributed by atoms with van der Waals surface area (Å²) >= 11 is 0. The van der Waals surface area contributed by atoms with Gasteiger partial charge >= 0.3 is 0 Å². The van der Waals surface area contributed by atoms with Gasteiger partial charge in [0.1, 0.15) is 11.8 Å². The predicted molar refractivity (Wildman–Crippen MR) is 110 cm³/mol. The van der Waals surface area contributed by atoms with E-state index in [-0.39, 0.29) is 30.2 Å². The lowest BCUT2D eigenvalue weighted by Crippen LogP contribution is -2.35. The van der Waals surface area contributed by atoms with Crippen molar-refractivity contribution in [3.63, 3.8) is 0 Å². The molecule has 0 saturated carbocycles. The molecule has 0 spiro atoms. The molecule has 0 bridgehead atoms. The summed E-state index contributed by atoms with van der Waals surface area (Å²) in [6.45, 7) is 2.99. The Morgan fingerprint density at radius 2 is 1.86 bits per heavy atom. The molecule has 5 heteroatoms. The van der Waals surface area contributed by atoms with Crippen LogP contribution in [0.1, 0.15) is 34.9 Å². The molecule has 1 saturated heterocycles. The van der Waals surface area contributed by atoms with E-state index in [1.165, 1.54) is 5.56 Å². The first-order valence-corrected chi connectivity index (χ1v) is 9.82.